The minimum atomic E-state index is -0.532. The van der Waals surface area contributed by atoms with Gasteiger partial charge < -0.3 is 4.74 Å². The molecule has 0 aliphatic carbocycles. The van der Waals surface area contributed by atoms with Gasteiger partial charge in [0.25, 0.3) is 0 Å². The molecule has 0 atom stereocenters. The first-order chi connectivity index (χ1) is 9.02. The number of esters is 1. The molecule has 5 heteroatoms. The summed E-state index contributed by atoms with van der Waals surface area (Å²) in [7, 11) is 0. The van der Waals surface area contributed by atoms with Crippen LogP contribution in [0.5, 0.6) is 0 Å². The molecule has 0 aliphatic rings. The monoisotopic (exact) mass is 270 g/mol. The highest BCUT2D eigenvalue weighted by Crippen LogP contribution is 2.12. The highest BCUT2D eigenvalue weighted by Gasteiger charge is 2.10. The molecule has 3 nitrogen and oxygen atoms in total. The lowest BCUT2D eigenvalue weighted by Crippen LogP contribution is -2.08. The molecule has 1 aromatic carbocycles. The molecule has 0 N–H and O–H groups in total. The molecule has 1 rings (SSSR count). The van der Waals surface area contributed by atoms with E-state index in [1.807, 2.05) is 0 Å². The highest BCUT2D eigenvalue weighted by molar-refractivity contribution is 5.83. The van der Waals surface area contributed by atoms with Gasteiger partial charge in [-0.05, 0) is 37.1 Å². The van der Waals surface area contributed by atoms with Gasteiger partial charge in [-0.15, -0.1) is 0 Å². The molecule has 0 unspecified atom stereocenters. The summed E-state index contributed by atoms with van der Waals surface area (Å²) in [5.41, 5.74) is 0.171. The van der Waals surface area contributed by atoms with Gasteiger partial charge in [-0.1, -0.05) is 0 Å². The average molecular weight is 270 g/mol. The van der Waals surface area contributed by atoms with Crippen molar-refractivity contribution in [2.24, 2.45) is 0 Å². The fourth-order valence-corrected chi connectivity index (χ4v) is 1.61. The van der Waals surface area contributed by atoms with Crippen LogP contribution in [0.4, 0.5) is 8.78 Å². The number of ketones is 1. The fourth-order valence-electron chi connectivity index (χ4n) is 1.61. The van der Waals surface area contributed by atoms with Crippen molar-refractivity contribution < 1.29 is 23.1 Å². The van der Waals surface area contributed by atoms with Crippen molar-refractivity contribution in [1.29, 1.82) is 0 Å². The highest BCUT2D eigenvalue weighted by atomic mass is 19.1. The molecule has 19 heavy (non-hydrogen) atoms. The third-order valence-electron chi connectivity index (χ3n) is 2.59. The second-order valence-corrected chi connectivity index (χ2v) is 4.08. The van der Waals surface area contributed by atoms with E-state index in [-0.39, 0.29) is 43.6 Å². The zero-order chi connectivity index (χ0) is 14.3. The van der Waals surface area contributed by atoms with E-state index < -0.39 is 17.6 Å². The Morgan fingerprint density at radius 3 is 2.58 bits per heavy atom. The van der Waals surface area contributed by atoms with Crippen LogP contribution in [0, 0.1) is 11.6 Å². The summed E-state index contributed by atoms with van der Waals surface area (Å²) in [4.78, 5) is 22.5. The normalized spacial score (nSPS) is 10.3. The Kier molecular flexibility index (Phi) is 6.12. The van der Waals surface area contributed by atoms with Crippen molar-refractivity contribution in [3.63, 3.8) is 0 Å². The molecular weight excluding hydrogens is 254 g/mol. The van der Waals surface area contributed by atoms with Crippen LogP contribution in [0.2, 0.25) is 0 Å². The van der Waals surface area contributed by atoms with E-state index in [0.29, 0.717) is 0 Å². The number of aryl methyl sites for hydroxylation is 1. The van der Waals surface area contributed by atoms with Crippen molar-refractivity contribution >= 4 is 11.8 Å². The van der Waals surface area contributed by atoms with Crippen LogP contribution in [-0.2, 0) is 20.7 Å². The van der Waals surface area contributed by atoms with Gasteiger partial charge in [0.05, 0.1) is 13.0 Å². The van der Waals surface area contributed by atoms with E-state index >= 15 is 0 Å². The second-order valence-electron chi connectivity index (χ2n) is 4.08. The summed E-state index contributed by atoms with van der Waals surface area (Å²) in [5.74, 6) is -1.65. The summed E-state index contributed by atoms with van der Waals surface area (Å²) < 4.78 is 30.9. The predicted octanol–water partition coefficient (Wildman–Crippen LogP) is 2.81. The lowest BCUT2D eigenvalue weighted by molar-refractivity contribution is -0.144. The molecule has 0 saturated heterocycles. The molecule has 104 valence electrons. The van der Waals surface area contributed by atoms with Crippen molar-refractivity contribution in [3.05, 3.63) is 35.4 Å². The van der Waals surface area contributed by atoms with Crippen LogP contribution in [0.1, 0.15) is 31.7 Å². The Labute approximate surface area is 110 Å². The van der Waals surface area contributed by atoms with E-state index in [4.69, 9.17) is 0 Å². The standard InChI is InChI=1S/C14H16F2O3/c1-2-19-14(18)8-6-12(17)5-3-10-9-11(15)4-7-13(10)16/h4,7,9H,2-3,5-6,8H2,1H3. The molecule has 0 amide bonds. The fraction of sp³-hybridized carbons (Fsp3) is 0.429. The van der Waals surface area contributed by atoms with E-state index in [1.165, 1.54) is 0 Å². The lowest BCUT2D eigenvalue weighted by Gasteiger charge is -2.04. The maximum Gasteiger partial charge on any atom is 0.306 e. The van der Waals surface area contributed by atoms with Crippen LogP contribution in [0.3, 0.4) is 0 Å². The van der Waals surface area contributed by atoms with Crippen LogP contribution in [0.15, 0.2) is 18.2 Å². The SMILES string of the molecule is CCOC(=O)CCC(=O)CCc1cc(F)ccc1F. The second kappa shape index (κ2) is 7.61. The summed E-state index contributed by atoms with van der Waals surface area (Å²) in [6, 6.07) is 3.14. The Morgan fingerprint density at radius 2 is 1.89 bits per heavy atom. The Hall–Kier alpha value is -1.78. The molecule has 0 aromatic heterocycles. The largest absolute Gasteiger partial charge is 0.466 e. The number of carbonyl (C=O) groups excluding carboxylic acids is 2. The third kappa shape index (κ3) is 5.59. The number of halogens is 2. The molecule has 1 aromatic rings. The average Bonchev–Trinajstić information content (AvgIpc) is 2.38. The number of hydrogen-bond donors (Lipinski definition) is 0. The van der Waals surface area contributed by atoms with Crippen LogP contribution in [-0.4, -0.2) is 18.4 Å². The smallest absolute Gasteiger partial charge is 0.306 e. The van der Waals surface area contributed by atoms with Gasteiger partial charge >= 0.3 is 5.97 Å². The van der Waals surface area contributed by atoms with Gasteiger partial charge in [0.1, 0.15) is 17.4 Å². The molecular formula is C14H16F2O3. The maximum atomic E-state index is 13.3. The van der Waals surface area contributed by atoms with Gasteiger partial charge in [-0.2, -0.15) is 0 Å². The lowest BCUT2D eigenvalue weighted by atomic mass is 10.0. The number of rotatable bonds is 7. The minimum Gasteiger partial charge on any atom is -0.466 e. The maximum absolute atomic E-state index is 13.3. The number of ether oxygens (including phenoxy) is 1. The number of Topliss-reactive ketones (excluding diaryl/α,β-unsaturated/α-hetero) is 1. The molecule has 0 fully saturated rings. The first-order valence-corrected chi connectivity index (χ1v) is 6.14. The van der Waals surface area contributed by atoms with Crippen molar-refractivity contribution in [3.8, 4) is 0 Å². The van der Waals surface area contributed by atoms with Gasteiger partial charge in [0, 0.05) is 12.8 Å². The topological polar surface area (TPSA) is 43.4 Å². The molecule has 0 heterocycles. The summed E-state index contributed by atoms with van der Waals surface area (Å²) >= 11 is 0. The van der Waals surface area contributed by atoms with E-state index in [9.17, 15) is 18.4 Å². The molecule has 0 bridgehead atoms. The quantitative estimate of drug-likeness (QED) is 0.715. The zero-order valence-electron chi connectivity index (χ0n) is 10.7. The summed E-state index contributed by atoms with van der Waals surface area (Å²) in [5, 5.41) is 0. The number of benzene rings is 1. The molecule has 0 aliphatic heterocycles. The predicted molar refractivity (Wildman–Crippen MR) is 65.6 cm³/mol. The first kappa shape index (κ1) is 15.3. The van der Waals surface area contributed by atoms with Crippen LogP contribution >= 0.6 is 0 Å². The molecule has 0 spiro atoms. The summed E-state index contributed by atoms with van der Waals surface area (Å²) in [6.07, 6.45) is 0.305. The third-order valence-corrected chi connectivity index (χ3v) is 2.59. The van der Waals surface area contributed by atoms with E-state index in [2.05, 4.69) is 4.74 Å². The minimum absolute atomic E-state index is 0.0261. The molecule has 0 saturated carbocycles. The molecule has 0 radical (unpaired) electrons. The van der Waals surface area contributed by atoms with Gasteiger partial charge in [-0.3, -0.25) is 9.59 Å². The van der Waals surface area contributed by atoms with E-state index in [0.717, 1.165) is 18.2 Å². The van der Waals surface area contributed by atoms with Crippen molar-refractivity contribution in [2.45, 2.75) is 32.6 Å². The number of hydrogen-bond acceptors (Lipinski definition) is 3. The van der Waals surface area contributed by atoms with Crippen LogP contribution in [0.25, 0.3) is 0 Å². The Morgan fingerprint density at radius 1 is 1.16 bits per heavy atom. The van der Waals surface area contributed by atoms with Crippen LogP contribution < -0.4 is 0 Å². The van der Waals surface area contributed by atoms with Gasteiger partial charge in [0.2, 0.25) is 0 Å². The first-order valence-electron chi connectivity index (χ1n) is 6.14. The Bertz CT molecular complexity index is 458. The van der Waals surface area contributed by atoms with Crippen molar-refractivity contribution in [2.75, 3.05) is 6.61 Å². The van der Waals surface area contributed by atoms with Crippen molar-refractivity contribution in [1.82, 2.24) is 0 Å². The number of carbonyl (C=O) groups is 2. The Balaban J connectivity index is 2.38. The summed E-state index contributed by atoms with van der Waals surface area (Å²) in [6.45, 7) is 1.97. The van der Waals surface area contributed by atoms with Gasteiger partial charge in [0.15, 0.2) is 0 Å². The zero-order valence-corrected chi connectivity index (χ0v) is 10.7. The van der Waals surface area contributed by atoms with Gasteiger partial charge in [-0.25, -0.2) is 8.78 Å². The van der Waals surface area contributed by atoms with E-state index in [1.54, 1.807) is 6.92 Å².